The van der Waals surface area contributed by atoms with Gasteiger partial charge in [0, 0.05) is 31.1 Å². The summed E-state index contributed by atoms with van der Waals surface area (Å²) < 4.78 is 10.8. The predicted octanol–water partition coefficient (Wildman–Crippen LogP) is 3.23. The zero-order valence-corrected chi connectivity index (χ0v) is 15.1. The van der Waals surface area contributed by atoms with Crippen LogP contribution in [0.5, 0.6) is 5.88 Å². The molecular weight excluding hydrogens is 356 g/mol. The van der Waals surface area contributed by atoms with Gasteiger partial charge in [0.1, 0.15) is 16.5 Å². The normalized spacial score (nSPS) is 16.9. The van der Waals surface area contributed by atoms with E-state index in [1.165, 1.54) is 0 Å². The summed E-state index contributed by atoms with van der Waals surface area (Å²) in [5.41, 5.74) is 2.19. The van der Waals surface area contributed by atoms with Gasteiger partial charge in [0.2, 0.25) is 11.8 Å². The Bertz CT molecular complexity index is 931. The summed E-state index contributed by atoms with van der Waals surface area (Å²) in [7, 11) is 1.55. The molecular formula is C17H17ClN6O2. The molecule has 1 saturated heterocycles. The van der Waals surface area contributed by atoms with Gasteiger partial charge in [-0.1, -0.05) is 16.8 Å². The number of halogens is 1. The topological polar surface area (TPSA) is 90.1 Å². The summed E-state index contributed by atoms with van der Waals surface area (Å²) in [4.78, 5) is 19.4. The molecule has 0 radical (unpaired) electrons. The van der Waals surface area contributed by atoms with E-state index in [-0.39, 0.29) is 6.04 Å². The molecule has 8 nitrogen and oxygen atoms in total. The van der Waals surface area contributed by atoms with Crippen LogP contribution in [-0.2, 0) is 0 Å². The summed E-state index contributed by atoms with van der Waals surface area (Å²) in [6.45, 7) is 2.69. The van der Waals surface area contributed by atoms with Crippen LogP contribution in [0.4, 0.5) is 5.95 Å². The van der Waals surface area contributed by atoms with Crippen molar-refractivity contribution in [3.63, 3.8) is 0 Å². The second-order valence-electron chi connectivity index (χ2n) is 5.99. The lowest BCUT2D eigenvalue weighted by Crippen LogP contribution is -2.24. The Morgan fingerprint density at radius 2 is 2.08 bits per heavy atom. The fourth-order valence-corrected chi connectivity index (χ4v) is 3.31. The van der Waals surface area contributed by atoms with Gasteiger partial charge in [-0.2, -0.15) is 4.98 Å². The molecule has 3 aromatic heterocycles. The highest BCUT2D eigenvalue weighted by Crippen LogP contribution is 2.36. The number of rotatable bonds is 4. The number of ether oxygens (including phenoxy) is 1. The van der Waals surface area contributed by atoms with E-state index < -0.39 is 0 Å². The van der Waals surface area contributed by atoms with Crippen LogP contribution in [0.25, 0.3) is 11.4 Å². The molecule has 9 heteroatoms. The molecule has 0 aliphatic carbocycles. The fraction of sp³-hybridized carbons (Fsp3) is 0.353. The van der Waals surface area contributed by atoms with Gasteiger partial charge in [0.25, 0.3) is 0 Å². The van der Waals surface area contributed by atoms with Crippen LogP contribution in [0.1, 0.15) is 30.3 Å². The summed E-state index contributed by atoms with van der Waals surface area (Å²) in [5.74, 6) is 1.69. The van der Waals surface area contributed by atoms with Crippen LogP contribution in [0.2, 0.25) is 5.15 Å². The van der Waals surface area contributed by atoms with Crippen molar-refractivity contribution in [2.75, 3.05) is 18.6 Å². The van der Waals surface area contributed by atoms with E-state index in [2.05, 4.69) is 30.0 Å². The monoisotopic (exact) mass is 372 g/mol. The summed E-state index contributed by atoms with van der Waals surface area (Å²) in [5, 5.41) is 4.51. The number of hydrogen-bond acceptors (Lipinski definition) is 8. The molecule has 1 unspecified atom stereocenters. The summed E-state index contributed by atoms with van der Waals surface area (Å²) in [6, 6.07) is 3.47. The Hall–Kier alpha value is -2.74. The zero-order chi connectivity index (χ0) is 18.1. The molecule has 4 heterocycles. The smallest absolute Gasteiger partial charge is 0.230 e. The molecule has 0 N–H and O–H groups in total. The maximum Gasteiger partial charge on any atom is 0.230 e. The molecule has 1 aliphatic heterocycles. The quantitative estimate of drug-likeness (QED) is 0.645. The van der Waals surface area contributed by atoms with E-state index in [0.29, 0.717) is 28.4 Å². The largest absolute Gasteiger partial charge is 0.481 e. The van der Waals surface area contributed by atoms with Crippen molar-refractivity contribution in [2.45, 2.75) is 25.8 Å². The molecule has 0 saturated carbocycles. The first-order valence-electron chi connectivity index (χ1n) is 8.25. The van der Waals surface area contributed by atoms with Crippen molar-refractivity contribution in [2.24, 2.45) is 0 Å². The van der Waals surface area contributed by atoms with Gasteiger partial charge in [0.05, 0.1) is 18.8 Å². The second kappa shape index (κ2) is 6.87. The van der Waals surface area contributed by atoms with Gasteiger partial charge in [-0.25, -0.2) is 4.98 Å². The van der Waals surface area contributed by atoms with Crippen molar-refractivity contribution in [3.05, 3.63) is 41.1 Å². The van der Waals surface area contributed by atoms with Gasteiger partial charge in [-0.15, -0.1) is 0 Å². The van der Waals surface area contributed by atoms with Crippen LogP contribution in [0, 0.1) is 6.92 Å². The van der Waals surface area contributed by atoms with Gasteiger partial charge < -0.3 is 14.2 Å². The average molecular weight is 373 g/mol. The molecule has 0 amide bonds. The van der Waals surface area contributed by atoms with E-state index in [4.69, 9.17) is 20.9 Å². The third kappa shape index (κ3) is 3.08. The Balaban J connectivity index is 1.66. The minimum Gasteiger partial charge on any atom is -0.481 e. The van der Waals surface area contributed by atoms with Crippen LogP contribution in [0.15, 0.2) is 29.0 Å². The van der Waals surface area contributed by atoms with E-state index in [0.717, 1.165) is 30.8 Å². The number of aryl methyl sites for hydroxylation is 1. The highest BCUT2D eigenvalue weighted by atomic mass is 35.5. The molecule has 1 aliphatic rings. The van der Waals surface area contributed by atoms with Crippen molar-refractivity contribution in [1.29, 1.82) is 0 Å². The molecule has 26 heavy (non-hydrogen) atoms. The Kier molecular flexibility index (Phi) is 4.42. The maximum absolute atomic E-state index is 6.09. The second-order valence-corrected chi connectivity index (χ2v) is 6.38. The maximum atomic E-state index is 6.09. The molecule has 134 valence electrons. The number of hydrogen-bond donors (Lipinski definition) is 0. The van der Waals surface area contributed by atoms with E-state index in [1.54, 1.807) is 25.6 Å². The zero-order valence-electron chi connectivity index (χ0n) is 14.4. The van der Waals surface area contributed by atoms with Gasteiger partial charge in [-0.05, 0) is 19.8 Å². The highest BCUT2D eigenvalue weighted by Gasteiger charge is 2.32. The van der Waals surface area contributed by atoms with E-state index in [9.17, 15) is 0 Å². The fourth-order valence-electron chi connectivity index (χ4n) is 3.14. The Morgan fingerprint density at radius 1 is 1.23 bits per heavy atom. The number of nitrogens with zero attached hydrogens (tertiary/aromatic N) is 6. The van der Waals surface area contributed by atoms with Crippen LogP contribution < -0.4 is 9.64 Å². The van der Waals surface area contributed by atoms with Gasteiger partial charge in [-0.3, -0.25) is 9.97 Å². The number of aromatic nitrogens is 5. The standard InChI is InChI=1S/C17H17ClN6O2/c1-10-16(20-6-5-19-10)11-8-13(26-23-11)12-4-3-7-24(12)17-21-14(18)9-15(22-17)25-2/h5-6,8-9,12H,3-4,7H2,1-2H3. The molecule has 4 rings (SSSR count). The lowest BCUT2D eigenvalue weighted by molar-refractivity contribution is 0.361. The summed E-state index contributed by atoms with van der Waals surface area (Å²) >= 11 is 6.09. The van der Waals surface area contributed by atoms with Crippen molar-refractivity contribution < 1.29 is 9.26 Å². The van der Waals surface area contributed by atoms with Crippen molar-refractivity contribution >= 4 is 17.5 Å². The predicted molar refractivity (Wildman–Crippen MR) is 95.2 cm³/mol. The lowest BCUT2D eigenvalue weighted by atomic mass is 10.1. The van der Waals surface area contributed by atoms with Crippen LogP contribution in [0.3, 0.4) is 0 Å². The first-order chi connectivity index (χ1) is 12.7. The minimum absolute atomic E-state index is 0.0172. The Labute approximate surface area is 155 Å². The van der Waals surface area contributed by atoms with Crippen LogP contribution >= 0.6 is 11.6 Å². The van der Waals surface area contributed by atoms with Gasteiger partial charge in [0.15, 0.2) is 5.76 Å². The third-order valence-electron chi connectivity index (χ3n) is 4.36. The molecule has 0 aromatic carbocycles. The lowest BCUT2D eigenvalue weighted by Gasteiger charge is -2.22. The highest BCUT2D eigenvalue weighted by molar-refractivity contribution is 6.29. The first kappa shape index (κ1) is 16.7. The molecule has 1 atom stereocenters. The SMILES string of the molecule is COc1cc(Cl)nc(N2CCCC2c2cc(-c3nccnc3C)no2)n1. The van der Waals surface area contributed by atoms with Crippen molar-refractivity contribution in [3.8, 4) is 17.3 Å². The van der Waals surface area contributed by atoms with E-state index in [1.807, 2.05) is 13.0 Å². The number of anilines is 1. The Morgan fingerprint density at radius 3 is 2.88 bits per heavy atom. The van der Waals surface area contributed by atoms with Gasteiger partial charge >= 0.3 is 0 Å². The molecule has 1 fully saturated rings. The van der Waals surface area contributed by atoms with E-state index >= 15 is 0 Å². The first-order valence-corrected chi connectivity index (χ1v) is 8.63. The van der Waals surface area contributed by atoms with Crippen LogP contribution in [-0.4, -0.2) is 38.7 Å². The molecule has 3 aromatic rings. The van der Waals surface area contributed by atoms with Crippen molar-refractivity contribution in [1.82, 2.24) is 25.1 Å². The number of methoxy groups -OCH3 is 1. The molecule has 0 spiro atoms. The minimum atomic E-state index is -0.0172. The third-order valence-corrected chi connectivity index (χ3v) is 4.55. The summed E-state index contributed by atoms with van der Waals surface area (Å²) in [6.07, 6.45) is 5.20. The molecule has 0 bridgehead atoms. The average Bonchev–Trinajstić information content (AvgIpc) is 3.30.